The fourth-order valence-corrected chi connectivity index (χ4v) is 3.63. The van der Waals surface area contributed by atoms with Crippen LogP contribution in [0.4, 0.5) is 5.13 Å². The molecule has 0 bridgehead atoms. The Kier molecular flexibility index (Phi) is 4.27. The second-order valence-electron chi connectivity index (χ2n) is 5.84. The third-order valence-corrected chi connectivity index (χ3v) is 5.22. The molecule has 1 saturated heterocycles. The molecule has 7 heteroatoms. The fraction of sp³-hybridized carbons (Fsp3) is 0.353. The molecule has 0 N–H and O–H groups in total. The van der Waals surface area contributed by atoms with Gasteiger partial charge in [0.25, 0.3) is 0 Å². The molecular weight excluding hydrogens is 322 g/mol. The lowest BCUT2D eigenvalue weighted by atomic mass is 10.2. The summed E-state index contributed by atoms with van der Waals surface area (Å²) >= 11 is 1.69. The van der Waals surface area contributed by atoms with Gasteiger partial charge in [0, 0.05) is 43.3 Å². The van der Waals surface area contributed by atoms with E-state index >= 15 is 0 Å². The van der Waals surface area contributed by atoms with Gasteiger partial charge in [0.05, 0.1) is 6.04 Å². The number of piperazine rings is 1. The number of hydrogen-bond acceptors (Lipinski definition) is 7. The molecule has 0 aliphatic carbocycles. The van der Waals surface area contributed by atoms with Gasteiger partial charge >= 0.3 is 0 Å². The Hall–Kier alpha value is -2.25. The summed E-state index contributed by atoms with van der Waals surface area (Å²) in [6, 6.07) is 10.0. The highest BCUT2D eigenvalue weighted by atomic mass is 32.1. The monoisotopic (exact) mass is 341 g/mol. The molecule has 24 heavy (non-hydrogen) atoms. The maximum Gasteiger partial charge on any atom is 0.244 e. The lowest BCUT2D eigenvalue weighted by Gasteiger charge is -2.36. The molecule has 1 fully saturated rings. The van der Waals surface area contributed by atoms with Crippen molar-refractivity contribution in [2.75, 3.05) is 31.1 Å². The van der Waals surface area contributed by atoms with Crippen LogP contribution in [0.15, 0.2) is 46.4 Å². The molecule has 4 rings (SSSR count). The van der Waals surface area contributed by atoms with Crippen LogP contribution < -0.4 is 4.90 Å². The van der Waals surface area contributed by atoms with Crippen LogP contribution in [0.1, 0.15) is 18.9 Å². The molecule has 1 atom stereocenters. The van der Waals surface area contributed by atoms with Gasteiger partial charge in [-0.15, -0.1) is 11.3 Å². The van der Waals surface area contributed by atoms with Crippen molar-refractivity contribution >= 4 is 16.5 Å². The first-order valence-corrected chi connectivity index (χ1v) is 8.97. The minimum absolute atomic E-state index is 0.119. The van der Waals surface area contributed by atoms with Crippen molar-refractivity contribution in [3.8, 4) is 11.4 Å². The van der Waals surface area contributed by atoms with Crippen LogP contribution in [-0.2, 0) is 0 Å². The first-order valence-electron chi connectivity index (χ1n) is 8.09. The maximum absolute atomic E-state index is 5.51. The molecule has 0 amide bonds. The Labute approximate surface area is 144 Å². The van der Waals surface area contributed by atoms with E-state index in [1.807, 2.05) is 41.9 Å². The highest BCUT2D eigenvalue weighted by Gasteiger charge is 2.26. The zero-order chi connectivity index (χ0) is 16.4. The van der Waals surface area contributed by atoms with E-state index in [1.165, 1.54) is 0 Å². The predicted molar refractivity (Wildman–Crippen MR) is 94.0 cm³/mol. The Morgan fingerprint density at radius 3 is 2.62 bits per heavy atom. The molecule has 0 unspecified atom stereocenters. The highest BCUT2D eigenvalue weighted by Crippen LogP contribution is 2.25. The third-order valence-electron chi connectivity index (χ3n) is 4.38. The SMILES string of the molecule is C[C@@H](c1nc(-c2ccccc2)no1)N1CCN(c2nccs2)CC1. The number of hydrogen-bond donors (Lipinski definition) is 0. The van der Waals surface area contributed by atoms with Gasteiger partial charge in [-0.2, -0.15) is 4.98 Å². The number of thiazole rings is 1. The van der Waals surface area contributed by atoms with Crippen molar-refractivity contribution in [2.45, 2.75) is 13.0 Å². The van der Waals surface area contributed by atoms with Gasteiger partial charge in [0.2, 0.25) is 11.7 Å². The first kappa shape index (κ1) is 15.3. The van der Waals surface area contributed by atoms with Gasteiger partial charge in [0.1, 0.15) is 0 Å². The predicted octanol–water partition coefficient (Wildman–Crippen LogP) is 3.08. The van der Waals surface area contributed by atoms with Crippen LogP contribution in [0.5, 0.6) is 0 Å². The molecule has 3 aromatic rings. The Balaban J connectivity index is 1.42. The molecule has 1 aromatic carbocycles. The standard InChI is InChI=1S/C17H19N5OS/c1-13(16-19-15(20-23-16)14-5-3-2-4-6-14)21-8-10-22(11-9-21)17-18-7-12-24-17/h2-7,12-13H,8-11H2,1H3/t13-/m0/s1. The molecule has 0 saturated carbocycles. The number of aromatic nitrogens is 3. The minimum Gasteiger partial charge on any atom is -0.346 e. The van der Waals surface area contributed by atoms with Crippen LogP contribution in [0.2, 0.25) is 0 Å². The third kappa shape index (κ3) is 3.05. The summed E-state index contributed by atoms with van der Waals surface area (Å²) in [6.07, 6.45) is 1.86. The Bertz CT molecular complexity index is 765. The van der Waals surface area contributed by atoms with Crippen LogP contribution in [0.3, 0.4) is 0 Å². The summed E-state index contributed by atoms with van der Waals surface area (Å²) in [5, 5.41) is 7.25. The molecule has 2 aromatic heterocycles. The number of nitrogens with zero attached hydrogens (tertiary/aromatic N) is 5. The van der Waals surface area contributed by atoms with Crippen LogP contribution in [0.25, 0.3) is 11.4 Å². The quantitative estimate of drug-likeness (QED) is 0.727. The molecular formula is C17H19N5OS. The molecule has 3 heterocycles. The molecule has 1 aliphatic heterocycles. The van der Waals surface area contributed by atoms with E-state index in [2.05, 4.69) is 31.8 Å². The lowest BCUT2D eigenvalue weighted by molar-refractivity contribution is 0.164. The minimum atomic E-state index is 0.119. The molecule has 6 nitrogen and oxygen atoms in total. The van der Waals surface area contributed by atoms with Crippen molar-refractivity contribution in [2.24, 2.45) is 0 Å². The van der Waals surface area contributed by atoms with Crippen molar-refractivity contribution in [3.63, 3.8) is 0 Å². The highest BCUT2D eigenvalue weighted by molar-refractivity contribution is 7.13. The summed E-state index contributed by atoms with van der Waals surface area (Å²) in [6.45, 7) is 5.99. The van der Waals surface area contributed by atoms with E-state index in [0.717, 1.165) is 36.9 Å². The first-order chi connectivity index (χ1) is 11.8. The van der Waals surface area contributed by atoms with E-state index < -0.39 is 0 Å². The van der Waals surface area contributed by atoms with E-state index in [0.29, 0.717) is 11.7 Å². The average molecular weight is 341 g/mol. The van der Waals surface area contributed by atoms with Crippen molar-refractivity contribution < 1.29 is 4.52 Å². The fourth-order valence-electron chi connectivity index (χ4n) is 2.94. The van der Waals surface area contributed by atoms with E-state index in [4.69, 9.17) is 4.52 Å². The van der Waals surface area contributed by atoms with E-state index in [1.54, 1.807) is 11.3 Å². The summed E-state index contributed by atoms with van der Waals surface area (Å²) in [5.41, 5.74) is 0.980. The van der Waals surface area contributed by atoms with E-state index in [9.17, 15) is 0 Å². The van der Waals surface area contributed by atoms with E-state index in [-0.39, 0.29) is 6.04 Å². The van der Waals surface area contributed by atoms with Gasteiger partial charge < -0.3 is 9.42 Å². The Morgan fingerprint density at radius 2 is 1.92 bits per heavy atom. The average Bonchev–Trinajstić information content (AvgIpc) is 3.34. The summed E-state index contributed by atoms with van der Waals surface area (Å²) in [4.78, 5) is 13.7. The van der Waals surface area contributed by atoms with Gasteiger partial charge in [-0.3, -0.25) is 4.90 Å². The van der Waals surface area contributed by atoms with Crippen LogP contribution in [0, 0.1) is 0 Å². The van der Waals surface area contributed by atoms with Crippen molar-refractivity contribution in [1.29, 1.82) is 0 Å². The smallest absolute Gasteiger partial charge is 0.244 e. The summed E-state index contributed by atoms with van der Waals surface area (Å²) in [7, 11) is 0. The van der Waals surface area contributed by atoms with Crippen molar-refractivity contribution in [3.05, 3.63) is 47.8 Å². The number of rotatable bonds is 4. The molecule has 1 aliphatic rings. The van der Waals surface area contributed by atoms with Gasteiger partial charge in [-0.05, 0) is 6.92 Å². The normalized spacial score (nSPS) is 17.1. The molecule has 124 valence electrons. The zero-order valence-corrected chi connectivity index (χ0v) is 14.3. The molecule has 0 spiro atoms. The number of benzene rings is 1. The van der Waals surface area contributed by atoms with Crippen LogP contribution in [-0.4, -0.2) is 46.2 Å². The topological polar surface area (TPSA) is 58.3 Å². The van der Waals surface area contributed by atoms with Crippen molar-refractivity contribution in [1.82, 2.24) is 20.0 Å². The second kappa shape index (κ2) is 6.70. The van der Waals surface area contributed by atoms with Gasteiger partial charge in [-0.25, -0.2) is 4.98 Å². The second-order valence-corrected chi connectivity index (χ2v) is 6.71. The van der Waals surface area contributed by atoms with Crippen LogP contribution >= 0.6 is 11.3 Å². The maximum atomic E-state index is 5.51. The van der Waals surface area contributed by atoms with Gasteiger partial charge in [-0.1, -0.05) is 35.5 Å². The summed E-state index contributed by atoms with van der Waals surface area (Å²) in [5.74, 6) is 1.33. The lowest BCUT2D eigenvalue weighted by Crippen LogP contribution is -2.47. The zero-order valence-electron chi connectivity index (χ0n) is 13.5. The molecule has 0 radical (unpaired) electrons. The number of anilines is 1. The Morgan fingerprint density at radius 1 is 1.12 bits per heavy atom. The summed E-state index contributed by atoms with van der Waals surface area (Å²) < 4.78 is 5.51. The van der Waals surface area contributed by atoms with Gasteiger partial charge in [0.15, 0.2) is 5.13 Å². The largest absolute Gasteiger partial charge is 0.346 e.